The van der Waals surface area contributed by atoms with Crippen molar-refractivity contribution in [1.82, 2.24) is 15.3 Å². The number of halogens is 2. The van der Waals surface area contributed by atoms with Gasteiger partial charge in [0.2, 0.25) is 0 Å². The van der Waals surface area contributed by atoms with E-state index < -0.39 is 17.6 Å². The summed E-state index contributed by atoms with van der Waals surface area (Å²) in [5.41, 5.74) is 1.33. The Morgan fingerprint density at radius 3 is 2.08 bits per heavy atom. The molecule has 10 nitrogen and oxygen atoms in total. The number of carboxylic acids is 1. The molecule has 2 atom stereocenters. The second-order valence-electron chi connectivity index (χ2n) is 7.38. The molecule has 1 aromatic carbocycles. The first-order valence-electron chi connectivity index (χ1n) is 10.6. The summed E-state index contributed by atoms with van der Waals surface area (Å²) in [4.78, 5) is 33.3. The molecule has 1 unspecified atom stereocenters. The van der Waals surface area contributed by atoms with Crippen LogP contribution < -0.4 is 15.3 Å². The van der Waals surface area contributed by atoms with Crippen LogP contribution in [0.2, 0.25) is 0 Å². The number of benzene rings is 1. The summed E-state index contributed by atoms with van der Waals surface area (Å²) in [6.07, 6.45) is 4.96. The van der Waals surface area contributed by atoms with Crippen molar-refractivity contribution in [3.63, 3.8) is 0 Å². The molecular formula is C24H25Cl2N4O6Tc-. The Morgan fingerprint density at radius 1 is 1.05 bits per heavy atom. The van der Waals surface area contributed by atoms with Crippen LogP contribution in [0.25, 0.3) is 0 Å². The van der Waals surface area contributed by atoms with Gasteiger partial charge in [-0.2, -0.15) is 0 Å². The number of ketones is 1. The van der Waals surface area contributed by atoms with Gasteiger partial charge in [0.05, 0.1) is 12.3 Å². The van der Waals surface area contributed by atoms with Gasteiger partial charge in [0.15, 0.2) is 5.78 Å². The quantitative estimate of drug-likeness (QED) is 0.110. The van der Waals surface area contributed by atoms with Crippen LogP contribution in [-0.2, 0) is 56.5 Å². The van der Waals surface area contributed by atoms with E-state index in [-0.39, 0.29) is 32.3 Å². The third kappa shape index (κ3) is 11.0. The Labute approximate surface area is 239 Å². The number of Topliss-reactive ketones (excluding diaryl/α,β-unsaturated/α-hetero) is 1. The van der Waals surface area contributed by atoms with Crippen LogP contribution in [0.15, 0.2) is 36.8 Å². The van der Waals surface area contributed by atoms with E-state index in [1.54, 1.807) is 6.20 Å². The van der Waals surface area contributed by atoms with Crippen molar-refractivity contribution in [3.05, 3.63) is 68.0 Å². The summed E-state index contributed by atoms with van der Waals surface area (Å²) >= 11 is 11.7. The van der Waals surface area contributed by atoms with Crippen molar-refractivity contribution in [2.75, 3.05) is 29.7 Å². The maximum atomic E-state index is 12.6. The Bertz CT molecular complexity index is 965. The molecule has 0 bridgehead atoms. The molecule has 0 saturated carbocycles. The topological polar surface area (TPSA) is 171 Å². The van der Waals surface area contributed by atoms with E-state index in [0.717, 1.165) is 30.0 Å². The number of rotatable bonds is 13. The van der Waals surface area contributed by atoms with Gasteiger partial charge in [0, 0.05) is 81.4 Å². The summed E-state index contributed by atoms with van der Waals surface area (Å²) in [6, 6.07) is 7.59. The van der Waals surface area contributed by atoms with E-state index in [1.807, 2.05) is 24.3 Å². The molecule has 37 heavy (non-hydrogen) atoms. The van der Waals surface area contributed by atoms with Crippen LogP contribution in [0.1, 0.15) is 24.1 Å². The minimum absolute atomic E-state index is 0. The summed E-state index contributed by atoms with van der Waals surface area (Å²) in [5, 5.41) is 14.5. The van der Waals surface area contributed by atoms with Gasteiger partial charge in [-0.25, -0.2) is 4.98 Å². The summed E-state index contributed by atoms with van der Waals surface area (Å²) in [6.45, 7) is 14.9. The Kier molecular flexibility index (Phi) is 20.8. The Hall–Kier alpha value is -2.22. The Balaban J connectivity index is 0. The van der Waals surface area contributed by atoms with Crippen LogP contribution >= 0.6 is 23.2 Å². The molecule has 13 heteroatoms. The van der Waals surface area contributed by atoms with Crippen molar-refractivity contribution in [2.45, 2.75) is 37.3 Å². The zero-order valence-corrected chi connectivity index (χ0v) is 23.0. The number of alkyl halides is 2. The predicted octanol–water partition coefficient (Wildman–Crippen LogP) is 1.17. The fraction of sp³-hybridized carbons (Fsp3) is 0.417. The van der Waals surface area contributed by atoms with E-state index in [4.69, 9.17) is 37.2 Å². The average molecular weight is 635 g/mol. The second kappa shape index (κ2) is 20.8. The van der Waals surface area contributed by atoms with Crippen molar-refractivity contribution in [2.24, 2.45) is 0 Å². The predicted molar refractivity (Wildman–Crippen MR) is 127 cm³/mol. The molecule has 1 fully saturated rings. The standard InChI is InChI=1S/C21H26Cl2N4O3.3CO.Tc/c22-8-10-27(11-9-23)17-6-4-15(5-7-17)2-1-3-19(28)21(20(29)30)18(26-21)12-16-13-24-14-25-16;3*1-2;/h4-7,13-14,18,26H,1-3,8-12H2,(H,24,25)(H,29,30);;;;/p-1/t18-,21?;;;;/m1..../s1/i;;;;1+1. The van der Waals surface area contributed by atoms with E-state index in [2.05, 4.69) is 40.1 Å². The molecule has 1 aliphatic rings. The van der Waals surface area contributed by atoms with Crippen molar-refractivity contribution < 1.29 is 48.8 Å². The minimum atomic E-state index is -1.58. The molecular weight excluding hydrogens is 610 g/mol. The number of nitrogens with one attached hydrogen (secondary N) is 2. The molecule has 1 aromatic heterocycles. The van der Waals surface area contributed by atoms with Gasteiger partial charge in [-0.15, -0.1) is 23.2 Å². The number of carbonyl (C=O) groups excluding carboxylic acids is 2. The number of nitrogens with zero attached hydrogens (tertiary/aromatic N) is 2. The second-order valence-corrected chi connectivity index (χ2v) is 8.14. The van der Waals surface area contributed by atoms with Gasteiger partial charge in [-0.05, 0) is 30.5 Å². The number of carboxylic acid groups (broad SMARTS) is 1. The number of H-pyrrole nitrogens is 1. The van der Waals surface area contributed by atoms with Crippen molar-refractivity contribution in [3.8, 4) is 0 Å². The van der Waals surface area contributed by atoms with E-state index in [1.165, 1.54) is 6.33 Å². The van der Waals surface area contributed by atoms with Gasteiger partial charge in [-0.1, -0.05) is 12.1 Å². The molecule has 2 aromatic rings. The first-order chi connectivity index (χ1) is 17.5. The van der Waals surface area contributed by atoms with Crippen LogP contribution in [0.5, 0.6) is 0 Å². The summed E-state index contributed by atoms with van der Waals surface area (Å²) in [7, 11) is 0. The molecule has 0 amide bonds. The first kappa shape index (κ1) is 36.9. The van der Waals surface area contributed by atoms with Crippen LogP contribution in [0.3, 0.4) is 0 Å². The van der Waals surface area contributed by atoms with Crippen molar-refractivity contribution >= 4 is 40.6 Å². The summed E-state index contributed by atoms with van der Waals surface area (Å²) < 4.78 is 22.5. The van der Waals surface area contributed by atoms with Crippen LogP contribution in [0, 0.1) is 20.0 Å². The fourth-order valence-corrected chi connectivity index (χ4v) is 4.15. The normalized spacial score (nSPS) is 16.5. The van der Waals surface area contributed by atoms with Gasteiger partial charge >= 0.3 is 33.9 Å². The molecule has 0 aliphatic carbocycles. The van der Waals surface area contributed by atoms with Crippen LogP contribution in [-0.4, -0.2) is 58.2 Å². The van der Waals surface area contributed by atoms with E-state index in [9.17, 15) is 14.7 Å². The SMILES string of the molecule is O=C([O-])C1(C(=O)CCCc2ccc(N(CCCl)CCCl)cc2)N[C@@H]1Cc1cnc[nH]1.[99Tc].[C-]#[O+].[C-]#[O+].[C-]#[O+]. The molecule has 2 N–H and O–H groups in total. The van der Waals surface area contributed by atoms with Gasteiger partial charge in [0.1, 0.15) is 5.54 Å². The Morgan fingerprint density at radius 2 is 1.62 bits per heavy atom. The van der Waals surface area contributed by atoms with Gasteiger partial charge in [0.25, 0.3) is 0 Å². The molecule has 0 spiro atoms. The molecule has 1 aliphatic heterocycles. The number of aromatic nitrogens is 2. The summed E-state index contributed by atoms with van der Waals surface area (Å²) in [5.74, 6) is -0.647. The van der Waals surface area contributed by atoms with Gasteiger partial charge in [-0.3, -0.25) is 10.1 Å². The van der Waals surface area contributed by atoms with E-state index in [0.29, 0.717) is 31.0 Å². The number of imidazole rings is 1. The zero-order valence-electron chi connectivity index (χ0n) is 19.7. The third-order valence-corrected chi connectivity index (χ3v) is 5.80. The molecule has 1 saturated heterocycles. The molecule has 199 valence electrons. The number of anilines is 1. The molecule has 1 radical (unpaired) electrons. The maximum absolute atomic E-state index is 12.6. The number of carbonyl (C=O) groups is 2. The van der Waals surface area contributed by atoms with Gasteiger partial charge < -0.3 is 19.8 Å². The molecule has 3 rings (SSSR count). The number of hydrogen-bond donors (Lipinski definition) is 2. The number of aryl methyl sites for hydroxylation is 1. The van der Waals surface area contributed by atoms with E-state index >= 15 is 0 Å². The third-order valence-electron chi connectivity index (χ3n) is 5.46. The number of hydrogen-bond acceptors (Lipinski definition) is 6. The zero-order chi connectivity index (χ0) is 27.6. The first-order valence-corrected chi connectivity index (χ1v) is 11.6. The average Bonchev–Trinajstić information content (AvgIpc) is 3.42. The number of aliphatic carboxylic acids is 1. The number of aromatic amines is 1. The monoisotopic (exact) mass is 634 g/mol. The fourth-order valence-electron chi connectivity index (χ4n) is 3.74. The van der Waals surface area contributed by atoms with Crippen LogP contribution in [0.4, 0.5) is 5.69 Å². The van der Waals surface area contributed by atoms with Crippen molar-refractivity contribution in [1.29, 1.82) is 0 Å². The molecule has 2 heterocycles.